The summed E-state index contributed by atoms with van der Waals surface area (Å²) in [7, 11) is -3.90. The molecule has 24 heavy (non-hydrogen) atoms. The van der Waals surface area contributed by atoms with Crippen molar-refractivity contribution in [1.29, 1.82) is 0 Å². The average Bonchev–Trinajstić information content (AvgIpc) is 2.52. The molecule has 0 bridgehead atoms. The SMILES string of the molecule is CCCCNC(CC)(CCC)c1cc(S(N)(=O)=O)ccc1C(=O)O. The van der Waals surface area contributed by atoms with Crippen molar-refractivity contribution in [1.82, 2.24) is 5.32 Å². The summed E-state index contributed by atoms with van der Waals surface area (Å²) in [4.78, 5) is 11.6. The van der Waals surface area contributed by atoms with Crippen molar-refractivity contribution >= 4 is 16.0 Å². The molecule has 0 spiro atoms. The van der Waals surface area contributed by atoms with Gasteiger partial charge in [0.05, 0.1) is 10.5 Å². The maximum Gasteiger partial charge on any atom is 0.336 e. The predicted molar refractivity (Wildman–Crippen MR) is 94.6 cm³/mol. The number of nitrogens with one attached hydrogen (secondary N) is 1. The van der Waals surface area contributed by atoms with Crippen LogP contribution in [0.5, 0.6) is 0 Å². The standard InChI is InChI=1S/C17H28N2O4S/c1-4-7-11-19-17(6-3,10-5-2)15-12-13(24(18,22)23)8-9-14(15)16(20)21/h8-9,12,19H,4-7,10-11H2,1-3H3,(H,20,21)(H2,18,22,23). The molecular formula is C17H28N2O4S. The Labute approximate surface area is 144 Å². The van der Waals surface area contributed by atoms with Crippen LogP contribution in [0.2, 0.25) is 0 Å². The molecule has 0 saturated heterocycles. The Bertz CT molecular complexity index is 673. The van der Waals surface area contributed by atoms with Crippen LogP contribution in [-0.2, 0) is 15.6 Å². The van der Waals surface area contributed by atoms with E-state index in [4.69, 9.17) is 5.14 Å². The molecule has 0 aliphatic heterocycles. The van der Waals surface area contributed by atoms with E-state index in [1.807, 2.05) is 13.8 Å². The maximum atomic E-state index is 11.7. The third kappa shape index (κ3) is 4.78. The second kappa shape index (κ2) is 8.60. The van der Waals surface area contributed by atoms with Gasteiger partial charge in [-0.15, -0.1) is 0 Å². The Morgan fingerprint density at radius 2 is 1.92 bits per heavy atom. The van der Waals surface area contributed by atoms with Crippen LogP contribution in [0.1, 0.15) is 68.8 Å². The molecule has 136 valence electrons. The van der Waals surface area contributed by atoms with E-state index in [1.165, 1.54) is 18.2 Å². The van der Waals surface area contributed by atoms with Crippen molar-refractivity contribution in [2.24, 2.45) is 5.14 Å². The predicted octanol–water partition coefficient (Wildman–Crippen LogP) is 2.83. The summed E-state index contributed by atoms with van der Waals surface area (Å²) in [5.74, 6) is -1.07. The van der Waals surface area contributed by atoms with Crippen LogP contribution >= 0.6 is 0 Å². The van der Waals surface area contributed by atoms with Gasteiger partial charge < -0.3 is 10.4 Å². The lowest BCUT2D eigenvalue weighted by molar-refractivity contribution is 0.0692. The number of unbranched alkanes of at least 4 members (excludes halogenated alkanes) is 1. The van der Waals surface area contributed by atoms with E-state index in [9.17, 15) is 18.3 Å². The van der Waals surface area contributed by atoms with Crippen LogP contribution < -0.4 is 10.5 Å². The summed E-state index contributed by atoms with van der Waals surface area (Å²) in [6, 6.07) is 4.00. The molecule has 1 rings (SSSR count). The second-order valence-electron chi connectivity index (χ2n) is 6.02. The number of carboxylic acids is 1. The number of hydrogen-bond donors (Lipinski definition) is 3. The largest absolute Gasteiger partial charge is 0.478 e. The number of carboxylic acid groups (broad SMARTS) is 1. The van der Waals surface area contributed by atoms with Gasteiger partial charge in [-0.1, -0.05) is 33.6 Å². The zero-order valence-corrected chi connectivity index (χ0v) is 15.4. The zero-order chi connectivity index (χ0) is 18.4. The number of nitrogens with two attached hydrogens (primary N) is 1. The Kier molecular flexibility index (Phi) is 7.38. The van der Waals surface area contributed by atoms with Gasteiger partial charge in [0.15, 0.2) is 0 Å². The lowest BCUT2D eigenvalue weighted by Gasteiger charge is -2.36. The summed E-state index contributed by atoms with van der Waals surface area (Å²) >= 11 is 0. The monoisotopic (exact) mass is 356 g/mol. The molecule has 0 amide bonds. The molecule has 0 radical (unpaired) electrons. The van der Waals surface area contributed by atoms with Gasteiger partial charge in [0, 0.05) is 5.54 Å². The van der Waals surface area contributed by atoms with Crippen LogP contribution in [0.4, 0.5) is 0 Å². The van der Waals surface area contributed by atoms with E-state index in [0.717, 1.165) is 25.8 Å². The molecule has 0 fully saturated rings. The van der Waals surface area contributed by atoms with Crippen LogP contribution in [0.3, 0.4) is 0 Å². The van der Waals surface area contributed by atoms with Crippen molar-refractivity contribution in [3.8, 4) is 0 Å². The molecule has 6 nitrogen and oxygen atoms in total. The van der Waals surface area contributed by atoms with Gasteiger partial charge in [-0.2, -0.15) is 0 Å². The maximum absolute atomic E-state index is 11.7. The normalized spacial score (nSPS) is 14.3. The lowest BCUT2D eigenvalue weighted by Crippen LogP contribution is -2.43. The quantitative estimate of drug-likeness (QED) is 0.558. The number of aromatic carboxylic acids is 1. The van der Waals surface area contributed by atoms with Gasteiger partial charge in [0.2, 0.25) is 10.0 Å². The Balaban J connectivity index is 3.55. The fourth-order valence-electron chi connectivity index (χ4n) is 3.02. The fourth-order valence-corrected chi connectivity index (χ4v) is 3.56. The smallest absolute Gasteiger partial charge is 0.336 e. The summed E-state index contributed by atoms with van der Waals surface area (Å²) in [5.41, 5.74) is 0.0156. The molecule has 7 heteroatoms. The molecular weight excluding hydrogens is 328 g/mol. The number of primary sulfonamides is 1. The van der Waals surface area contributed by atoms with E-state index >= 15 is 0 Å². The third-order valence-corrected chi connectivity index (χ3v) is 5.25. The van der Waals surface area contributed by atoms with E-state index in [2.05, 4.69) is 12.2 Å². The van der Waals surface area contributed by atoms with E-state index < -0.39 is 21.5 Å². The summed E-state index contributed by atoms with van der Waals surface area (Å²) in [6.45, 7) is 6.82. The topological polar surface area (TPSA) is 109 Å². The Morgan fingerprint density at radius 3 is 2.38 bits per heavy atom. The third-order valence-electron chi connectivity index (χ3n) is 4.34. The molecule has 0 heterocycles. The lowest BCUT2D eigenvalue weighted by atomic mass is 9.80. The average molecular weight is 356 g/mol. The van der Waals surface area contributed by atoms with Crippen LogP contribution in [0.15, 0.2) is 23.1 Å². The highest BCUT2D eigenvalue weighted by Crippen LogP contribution is 2.34. The first-order valence-corrected chi connectivity index (χ1v) is 9.92. The van der Waals surface area contributed by atoms with Gasteiger partial charge in [-0.3, -0.25) is 0 Å². The highest BCUT2D eigenvalue weighted by molar-refractivity contribution is 7.89. The van der Waals surface area contributed by atoms with Gasteiger partial charge in [-0.05, 0) is 49.6 Å². The van der Waals surface area contributed by atoms with Gasteiger partial charge in [0.25, 0.3) is 0 Å². The highest BCUT2D eigenvalue weighted by Gasteiger charge is 2.33. The van der Waals surface area contributed by atoms with Crippen LogP contribution in [0.25, 0.3) is 0 Å². The fraction of sp³-hybridized carbons (Fsp3) is 0.588. The number of sulfonamides is 1. The molecule has 1 aromatic carbocycles. The van der Waals surface area contributed by atoms with Crippen molar-refractivity contribution in [2.75, 3.05) is 6.54 Å². The second-order valence-corrected chi connectivity index (χ2v) is 7.58. The van der Waals surface area contributed by atoms with Crippen molar-refractivity contribution < 1.29 is 18.3 Å². The molecule has 4 N–H and O–H groups in total. The highest BCUT2D eigenvalue weighted by atomic mass is 32.2. The summed E-state index contributed by atoms with van der Waals surface area (Å²) in [6.07, 6.45) is 4.18. The zero-order valence-electron chi connectivity index (χ0n) is 14.6. The molecule has 0 aromatic heterocycles. The number of benzene rings is 1. The Morgan fingerprint density at radius 1 is 1.25 bits per heavy atom. The van der Waals surface area contributed by atoms with E-state index in [-0.39, 0.29) is 10.5 Å². The number of hydrogen-bond acceptors (Lipinski definition) is 4. The van der Waals surface area contributed by atoms with Gasteiger partial charge >= 0.3 is 5.97 Å². The summed E-state index contributed by atoms with van der Waals surface area (Å²) in [5, 5.41) is 18.3. The van der Waals surface area contributed by atoms with Crippen LogP contribution in [0, 0.1) is 0 Å². The molecule has 1 atom stereocenters. The minimum absolute atomic E-state index is 0.0614. The minimum Gasteiger partial charge on any atom is -0.478 e. The molecule has 0 saturated carbocycles. The first kappa shape index (κ1) is 20.6. The number of rotatable bonds is 10. The van der Waals surface area contributed by atoms with Crippen molar-refractivity contribution in [2.45, 2.75) is 63.3 Å². The first-order valence-electron chi connectivity index (χ1n) is 8.37. The van der Waals surface area contributed by atoms with Crippen molar-refractivity contribution in [3.63, 3.8) is 0 Å². The van der Waals surface area contributed by atoms with Crippen LogP contribution in [-0.4, -0.2) is 26.0 Å². The molecule has 0 aliphatic rings. The summed E-state index contributed by atoms with van der Waals surface area (Å²) < 4.78 is 23.4. The molecule has 1 unspecified atom stereocenters. The molecule has 1 aromatic rings. The number of carbonyl (C=O) groups is 1. The molecule has 0 aliphatic carbocycles. The van der Waals surface area contributed by atoms with E-state index in [0.29, 0.717) is 18.4 Å². The first-order chi connectivity index (χ1) is 11.2. The Hall–Kier alpha value is -1.44. The van der Waals surface area contributed by atoms with E-state index in [1.54, 1.807) is 0 Å². The van der Waals surface area contributed by atoms with Crippen molar-refractivity contribution in [3.05, 3.63) is 29.3 Å². The minimum atomic E-state index is -3.90. The van der Waals surface area contributed by atoms with Gasteiger partial charge in [0.1, 0.15) is 0 Å². The van der Waals surface area contributed by atoms with Gasteiger partial charge in [-0.25, -0.2) is 18.4 Å².